The van der Waals surface area contributed by atoms with Crippen LogP contribution in [0.2, 0.25) is 0 Å². The molecule has 186 valence electrons. The summed E-state index contributed by atoms with van der Waals surface area (Å²) in [6, 6.07) is 0. The molecule has 1 aromatic rings. The van der Waals surface area contributed by atoms with Gasteiger partial charge >= 0.3 is 11.8 Å². The molecule has 0 radical (unpaired) electrons. The van der Waals surface area contributed by atoms with Crippen molar-refractivity contribution >= 4 is 11.9 Å². The van der Waals surface area contributed by atoms with Crippen molar-refractivity contribution in [3.05, 3.63) is 22.5 Å². The van der Waals surface area contributed by atoms with E-state index in [0.717, 1.165) is 23.6 Å². The lowest BCUT2D eigenvalue weighted by molar-refractivity contribution is -0.216. The van der Waals surface area contributed by atoms with Crippen LogP contribution in [0.25, 0.3) is 0 Å². The molecule has 0 aliphatic carbocycles. The molecule has 2 aliphatic rings. The molecule has 2 aliphatic heterocycles. The van der Waals surface area contributed by atoms with Crippen molar-refractivity contribution in [2.45, 2.75) is 89.2 Å². The number of hydrogen-bond donors (Lipinski definition) is 4. The molecule has 3 heterocycles. The Kier molecular flexibility index (Phi) is 8.37. The molecule has 0 bridgehead atoms. The second-order valence-corrected chi connectivity index (χ2v) is 8.11. The number of amides is 1. The van der Waals surface area contributed by atoms with Crippen molar-refractivity contribution in [1.82, 2.24) is 9.55 Å². The maximum absolute atomic E-state index is 14.6. The van der Waals surface area contributed by atoms with E-state index in [9.17, 15) is 29.3 Å². The van der Waals surface area contributed by atoms with Gasteiger partial charge in [-0.15, -0.1) is 0 Å². The second kappa shape index (κ2) is 10.8. The number of nitrogens with one attached hydrogen (secondary N) is 1. The van der Waals surface area contributed by atoms with Crippen molar-refractivity contribution < 1.29 is 43.5 Å². The molecule has 4 N–H and O–H groups in total. The fourth-order valence-electron chi connectivity index (χ4n) is 3.63. The molecule has 4 unspecified atom stereocenters. The van der Waals surface area contributed by atoms with Crippen molar-refractivity contribution in [3.63, 3.8) is 0 Å². The van der Waals surface area contributed by atoms with Gasteiger partial charge in [0.25, 0.3) is 0 Å². The van der Waals surface area contributed by atoms with Gasteiger partial charge in [0.05, 0.1) is 25.0 Å². The summed E-state index contributed by atoms with van der Waals surface area (Å²) >= 11 is 0. The number of rotatable bonds is 8. The Morgan fingerprint density at radius 1 is 1.18 bits per heavy atom. The van der Waals surface area contributed by atoms with E-state index in [1.807, 2.05) is 6.92 Å². The molecule has 2 saturated heterocycles. The van der Waals surface area contributed by atoms with Crippen LogP contribution in [0.4, 0.5) is 15.0 Å². The number of anilines is 1. The van der Waals surface area contributed by atoms with E-state index in [1.54, 1.807) is 0 Å². The predicted molar refractivity (Wildman–Crippen MR) is 110 cm³/mol. The average molecular weight is 475 g/mol. The number of aliphatic hydroxyl groups excluding tert-OH is 3. The van der Waals surface area contributed by atoms with Crippen LogP contribution in [0.3, 0.4) is 0 Å². The van der Waals surface area contributed by atoms with Crippen LogP contribution in [0, 0.1) is 5.82 Å². The third-order valence-electron chi connectivity index (χ3n) is 5.59. The first-order valence-corrected chi connectivity index (χ1v) is 10.9. The number of halogens is 1. The molecule has 0 spiro atoms. The first kappa shape index (κ1) is 25.5. The number of nitrogens with zero attached hydrogens (tertiary/aromatic N) is 2. The number of carbonyl (C=O) groups is 1. The maximum atomic E-state index is 14.6. The fraction of sp³-hybridized carbons (Fsp3) is 0.750. The zero-order valence-electron chi connectivity index (χ0n) is 18.6. The van der Waals surface area contributed by atoms with Gasteiger partial charge in [-0.05, 0) is 20.3 Å². The van der Waals surface area contributed by atoms with Crippen LogP contribution in [-0.2, 0) is 18.9 Å². The minimum absolute atomic E-state index is 0.144. The summed E-state index contributed by atoms with van der Waals surface area (Å²) in [6.07, 6.45) is -7.01. The number of aromatic nitrogens is 2. The Balaban J connectivity index is 1.74. The molecular weight excluding hydrogens is 445 g/mol. The number of carbonyl (C=O) groups excluding carboxylic acids is 1. The summed E-state index contributed by atoms with van der Waals surface area (Å²) in [4.78, 5) is 27.9. The molecule has 0 aromatic carbocycles. The number of aliphatic hydroxyl groups is 3. The van der Waals surface area contributed by atoms with Gasteiger partial charge in [-0.2, -0.15) is 4.98 Å². The highest BCUT2D eigenvalue weighted by Gasteiger charge is 2.49. The molecule has 12 nitrogen and oxygen atoms in total. The molecule has 13 heteroatoms. The summed E-state index contributed by atoms with van der Waals surface area (Å²) < 4.78 is 36.9. The van der Waals surface area contributed by atoms with Crippen molar-refractivity contribution in [2.75, 3.05) is 11.9 Å². The zero-order valence-corrected chi connectivity index (χ0v) is 18.6. The Hall–Kier alpha value is -2.16. The van der Waals surface area contributed by atoms with Crippen LogP contribution >= 0.6 is 0 Å². The van der Waals surface area contributed by atoms with Gasteiger partial charge in [0.2, 0.25) is 0 Å². The van der Waals surface area contributed by atoms with Gasteiger partial charge in [-0.1, -0.05) is 19.8 Å². The highest BCUT2D eigenvalue weighted by Crippen LogP contribution is 2.34. The molecule has 8 atom stereocenters. The van der Waals surface area contributed by atoms with E-state index in [2.05, 4.69) is 10.3 Å². The summed E-state index contributed by atoms with van der Waals surface area (Å²) in [5.74, 6) is -1.66. The largest absolute Gasteiger partial charge is 0.449 e. The predicted octanol–water partition coefficient (Wildman–Crippen LogP) is 0.251. The van der Waals surface area contributed by atoms with Gasteiger partial charge < -0.3 is 34.3 Å². The highest BCUT2D eigenvalue weighted by molar-refractivity contribution is 5.83. The zero-order chi connectivity index (χ0) is 24.3. The lowest BCUT2D eigenvalue weighted by atomic mass is 10.1. The minimum atomic E-state index is -1.40. The maximum Gasteiger partial charge on any atom is 0.412 e. The lowest BCUT2D eigenvalue weighted by Crippen LogP contribution is -2.43. The van der Waals surface area contributed by atoms with E-state index in [-0.39, 0.29) is 6.61 Å². The number of unbranched alkanes of at least 4 members (excludes halogenated alkanes) is 2. The van der Waals surface area contributed by atoms with Gasteiger partial charge in [0, 0.05) is 0 Å². The molecule has 33 heavy (non-hydrogen) atoms. The summed E-state index contributed by atoms with van der Waals surface area (Å²) in [5.41, 5.74) is -0.987. The van der Waals surface area contributed by atoms with Gasteiger partial charge in [-0.25, -0.2) is 14.0 Å². The Morgan fingerprint density at radius 2 is 1.88 bits per heavy atom. The number of hydrogen-bond acceptors (Lipinski definition) is 10. The summed E-state index contributed by atoms with van der Waals surface area (Å²) in [7, 11) is 0. The third-order valence-corrected chi connectivity index (χ3v) is 5.59. The van der Waals surface area contributed by atoms with Crippen LogP contribution in [0.1, 0.15) is 46.3 Å². The Bertz CT molecular complexity index is 885. The molecule has 0 saturated carbocycles. The van der Waals surface area contributed by atoms with Crippen molar-refractivity contribution in [3.8, 4) is 0 Å². The monoisotopic (exact) mass is 475 g/mol. The fourth-order valence-corrected chi connectivity index (χ4v) is 3.63. The third kappa shape index (κ3) is 5.67. The normalized spacial score (nSPS) is 33.9. The van der Waals surface area contributed by atoms with E-state index < -0.39 is 72.6 Å². The van der Waals surface area contributed by atoms with Crippen LogP contribution < -0.4 is 11.0 Å². The van der Waals surface area contributed by atoms with E-state index in [4.69, 9.17) is 18.9 Å². The van der Waals surface area contributed by atoms with E-state index >= 15 is 0 Å². The highest BCUT2D eigenvalue weighted by atomic mass is 19.1. The second-order valence-electron chi connectivity index (χ2n) is 8.11. The quantitative estimate of drug-likeness (QED) is 0.384. The molecule has 3 rings (SSSR count). The molecule has 1 amide bonds. The van der Waals surface area contributed by atoms with Crippen molar-refractivity contribution in [2.24, 2.45) is 0 Å². The lowest BCUT2D eigenvalue weighted by Gasteiger charge is -2.26. The smallest absolute Gasteiger partial charge is 0.412 e. The van der Waals surface area contributed by atoms with E-state index in [0.29, 0.717) is 6.42 Å². The Labute approximate surface area is 189 Å². The SMILES string of the molecule is CCCCCOC(=O)Nc1nc(=O)n(C2OC(C)[C@@H](O)[C@H]2OC2OC(C)[C@H](O)[C@@H]2O)cc1F. The van der Waals surface area contributed by atoms with Gasteiger partial charge in [0.15, 0.2) is 24.2 Å². The first-order chi connectivity index (χ1) is 15.6. The van der Waals surface area contributed by atoms with Gasteiger partial charge in [0.1, 0.15) is 24.4 Å². The van der Waals surface area contributed by atoms with Crippen molar-refractivity contribution in [1.29, 1.82) is 0 Å². The summed E-state index contributed by atoms with van der Waals surface area (Å²) in [6.45, 7) is 5.18. The van der Waals surface area contributed by atoms with E-state index in [1.165, 1.54) is 13.8 Å². The standard InChI is InChI=1S/C20H30FN3O9/c1-4-5-6-7-30-20(29)23-16-11(21)8-24(19(28)22-16)17-15(13(26)10(3)31-17)33-18-14(27)12(25)9(2)32-18/h8-10,12-15,17-18,25-27H,4-7H2,1-3H3,(H,22,23,28,29)/t9?,10?,12-,13+,14-,15+,17?,18?/m0/s1. The topological polar surface area (TPSA) is 162 Å². The average Bonchev–Trinajstić information content (AvgIpc) is 3.18. The summed E-state index contributed by atoms with van der Waals surface area (Å²) in [5, 5.41) is 32.5. The molecular formula is C20H30FN3O9. The Morgan fingerprint density at radius 3 is 2.52 bits per heavy atom. The minimum Gasteiger partial charge on any atom is -0.449 e. The van der Waals surface area contributed by atoms with Crippen LogP contribution in [-0.4, -0.2) is 80.5 Å². The number of ether oxygens (including phenoxy) is 4. The van der Waals surface area contributed by atoms with Crippen LogP contribution in [0.15, 0.2) is 11.0 Å². The van der Waals surface area contributed by atoms with Gasteiger partial charge in [-0.3, -0.25) is 9.88 Å². The first-order valence-electron chi connectivity index (χ1n) is 10.9. The molecule has 1 aromatic heterocycles. The molecule has 2 fully saturated rings. The van der Waals surface area contributed by atoms with Crippen LogP contribution in [0.5, 0.6) is 0 Å².